The maximum Gasteiger partial charge on any atom is 0.310 e. The highest BCUT2D eigenvalue weighted by atomic mass is 16.5. The number of nitrogen functional groups attached to an aromatic ring is 1. The summed E-state index contributed by atoms with van der Waals surface area (Å²) >= 11 is 0. The number of carbonyl (C=O) groups is 1. The Labute approximate surface area is 109 Å². The van der Waals surface area contributed by atoms with Crippen LogP contribution in [0, 0.1) is 0 Å². The van der Waals surface area contributed by atoms with Crippen LogP contribution < -0.4 is 5.73 Å². The first-order valence-corrected chi connectivity index (χ1v) is 6.72. The van der Waals surface area contributed by atoms with Crippen molar-refractivity contribution in [3.63, 3.8) is 0 Å². The molecule has 0 spiro atoms. The van der Waals surface area contributed by atoms with E-state index < -0.39 is 0 Å². The number of carbonyl (C=O) groups excluding carboxylic acids is 1. The summed E-state index contributed by atoms with van der Waals surface area (Å²) in [5, 5.41) is 0. The van der Waals surface area contributed by atoms with Crippen molar-refractivity contribution in [1.82, 2.24) is 0 Å². The minimum atomic E-state index is -0.170. The Kier molecular flexibility index (Phi) is 6.92. The normalized spacial score (nSPS) is 10.3. The van der Waals surface area contributed by atoms with Crippen molar-refractivity contribution in [1.29, 1.82) is 0 Å². The van der Waals surface area contributed by atoms with Crippen molar-refractivity contribution in [2.45, 2.75) is 45.4 Å². The number of benzene rings is 1. The molecule has 0 aliphatic heterocycles. The first-order chi connectivity index (χ1) is 8.72. The second-order valence-corrected chi connectivity index (χ2v) is 4.56. The summed E-state index contributed by atoms with van der Waals surface area (Å²) in [6.45, 7) is 2.72. The number of hydrogen-bond acceptors (Lipinski definition) is 3. The van der Waals surface area contributed by atoms with Crippen molar-refractivity contribution in [3.8, 4) is 0 Å². The van der Waals surface area contributed by atoms with Gasteiger partial charge in [0.05, 0.1) is 13.0 Å². The Morgan fingerprint density at radius 3 is 2.72 bits per heavy atom. The molecule has 1 aromatic rings. The lowest BCUT2D eigenvalue weighted by Crippen LogP contribution is -2.09. The maximum absolute atomic E-state index is 11.5. The molecule has 0 saturated heterocycles. The van der Waals surface area contributed by atoms with Gasteiger partial charge in [0, 0.05) is 5.69 Å². The number of ether oxygens (including phenoxy) is 1. The molecule has 0 aliphatic rings. The van der Waals surface area contributed by atoms with Gasteiger partial charge in [-0.2, -0.15) is 0 Å². The topological polar surface area (TPSA) is 52.3 Å². The van der Waals surface area contributed by atoms with Crippen LogP contribution in [0.3, 0.4) is 0 Å². The Balaban J connectivity index is 2.14. The molecule has 0 radical (unpaired) electrons. The summed E-state index contributed by atoms with van der Waals surface area (Å²) in [5.74, 6) is -0.170. The summed E-state index contributed by atoms with van der Waals surface area (Å²) in [7, 11) is 0. The second-order valence-electron chi connectivity index (χ2n) is 4.56. The van der Waals surface area contributed by atoms with Gasteiger partial charge in [0.25, 0.3) is 0 Å². The van der Waals surface area contributed by atoms with Crippen LogP contribution in [0.5, 0.6) is 0 Å². The fourth-order valence-corrected chi connectivity index (χ4v) is 1.81. The molecule has 1 rings (SSSR count). The predicted octanol–water partition coefficient (Wildman–Crippen LogP) is 3.32. The molecule has 0 atom stereocenters. The molecule has 0 saturated carbocycles. The average molecular weight is 249 g/mol. The molecule has 0 aliphatic carbocycles. The average Bonchev–Trinajstić information content (AvgIpc) is 2.33. The van der Waals surface area contributed by atoms with E-state index in [4.69, 9.17) is 10.5 Å². The highest BCUT2D eigenvalue weighted by Crippen LogP contribution is 2.08. The van der Waals surface area contributed by atoms with Crippen LogP contribution in [0.15, 0.2) is 24.3 Å². The van der Waals surface area contributed by atoms with E-state index in [1.54, 1.807) is 0 Å². The van der Waals surface area contributed by atoms with Gasteiger partial charge >= 0.3 is 5.97 Å². The third-order valence-electron chi connectivity index (χ3n) is 2.81. The lowest BCUT2D eigenvalue weighted by atomic mass is 10.1. The van der Waals surface area contributed by atoms with Crippen LogP contribution in [0.4, 0.5) is 5.69 Å². The van der Waals surface area contributed by atoms with E-state index in [9.17, 15) is 4.79 Å². The van der Waals surface area contributed by atoms with Gasteiger partial charge in [0.1, 0.15) is 0 Å². The predicted molar refractivity (Wildman–Crippen MR) is 74.3 cm³/mol. The molecule has 3 heteroatoms. The van der Waals surface area contributed by atoms with Crippen LogP contribution in [-0.4, -0.2) is 12.6 Å². The van der Waals surface area contributed by atoms with E-state index in [2.05, 4.69) is 6.92 Å². The third kappa shape index (κ3) is 6.28. The van der Waals surface area contributed by atoms with Crippen LogP contribution >= 0.6 is 0 Å². The van der Waals surface area contributed by atoms with Gasteiger partial charge in [-0.15, -0.1) is 0 Å². The number of unbranched alkanes of at least 4 members (excludes halogenated alkanes) is 4. The van der Waals surface area contributed by atoms with E-state index in [-0.39, 0.29) is 5.97 Å². The molecule has 18 heavy (non-hydrogen) atoms. The number of esters is 1. The van der Waals surface area contributed by atoms with E-state index in [1.807, 2.05) is 24.3 Å². The molecule has 0 bridgehead atoms. The third-order valence-corrected chi connectivity index (χ3v) is 2.81. The molecular weight excluding hydrogens is 226 g/mol. The van der Waals surface area contributed by atoms with Gasteiger partial charge in [0.2, 0.25) is 0 Å². The summed E-state index contributed by atoms with van der Waals surface area (Å²) in [5.41, 5.74) is 7.24. The second kappa shape index (κ2) is 8.56. The van der Waals surface area contributed by atoms with Crippen molar-refractivity contribution < 1.29 is 9.53 Å². The minimum Gasteiger partial charge on any atom is -0.465 e. The molecule has 0 aromatic heterocycles. The van der Waals surface area contributed by atoms with E-state index in [0.717, 1.165) is 18.4 Å². The van der Waals surface area contributed by atoms with Crippen molar-refractivity contribution in [2.24, 2.45) is 0 Å². The van der Waals surface area contributed by atoms with E-state index in [0.29, 0.717) is 18.7 Å². The number of anilines is 1. The number of nitrogens with two attached hydrogens (primary N) is 1. The zero-order valence-electron chi connectivity index (χ0n) is 11.2. The summed E-state index contributed by atoms with van der Waals surface area (Å²) in [4.78, 5) is 11.5. The van der Waals surface area contributed by atoms with Crippen LogP contribution in [-0.2, 0) is 16.0 Å². The zero-order valence-corrected chi connectivity index (χ0v) is 11.2. The highest BCUT2D eigenvalue weighted by molar-refractivity contribution is 5.72. The van der Waals surface area contributed by atoms with E-state index in [1.165, 1.54) is 19.3 Å². The fraction of sp³-hybridized carbons (Fsp3) is 0.533. The van der Waals surface area contributed by atoms with Gasteiger partial charge in [0.15, 0.2) is 0 Å². The quantitative estimate of drug-likeness (QED) is 0.437. The molecule has 0 fully saturated rings. The number of hydrogen-bond donors (Lipinski definition) is 1. The van der Waals surface area contributed by atoms with Crippen molar-refractivity contribution in [2.75, 3.05) is 12.3 Å². The molecular formula is C15H23NO2. The van der Waals surface area contributed by atoms with Crippen LogP contribution in [0.1, 0.15) is 44.6 Å². The van der Waals surface area contributed by atoms with Crippen LogP contribution in [0.25, 0.3) is 0 Å². The largest absolute Gasteiger partial charge is 0.465 e. The lowest BCUT2D eigenvalue weighted by molar-refractivity contribution is -0.142. The first kappa shape index (κ1) is 14.6. The van der Waals surface area contributed by atoms with Gasteiger partial charge in [-0.05, 0) is 24.1 Å². The van der Waals surface area contributed by atoms with Gasteiger partial charge in [-0.25, -0.2) is 0 Å². The summed E-state index contributed by atoms with van der Waals surface area (Å²) < 4.78 is 5.19. The Morgan fingerprint density at radius 2 is 2.00 bits per heavy atom. The van der Waals surface area contributed by atoms with Crippen molar-refractivity contribution in [3.05, 3.63) is 29.8 Å². The lowest BCUT2D eigenvalue weighted by Gasteiger charge is -2.05. The molecule has 1 aromatic carbocycles. The summed E-state index contributed by atoms with van der Waals surface area (Å²) in [6.07, 6.45) is 6.12. The van der Waals surface area contributed by atoms with E-state index >= 15 is 0 Å². The SMILES string of the molecule is CCCCCCCOC(=O)Cc1cccc(N)c1. The molecule has 3 nitrogen and oxygen atoms in total. The molecule has 2 N–H and O–H groups in total. The van der Waals surface area contributed by atoms with Gasteiger partial charge < -0.3 is 10.5 Å². The van der Waals surface area contributed by atoms with Crippen LogP contribution in [0.2, 0.25) is 0 Å². The Morgan fingerprint density at radius 1 is 1.22 bits per heavy atom. The van der Waals surface area contributed by atoms with Gasteiger partial charge in [-0.1, -0.05) is 44.7 Å². The molecule has 0 unspecified atom stereocenters. The number of rotatable bonds is 8. The molecule has 100 valence electrons. The first-order valence-electron chi connectivity index (χ1n) is 6.72. The van der Waals surface area contributed by atoms with Gasteiger partial charge in [-0.3, -0.25) is 4.79 Å². The molecule has 0 amide bonds. The zero-order chi connectivity index (χ0) is 13.2. The highest BCUT2D eigenvalue weighted by Gasteiger charge is 2.04. The minimum absolute atomic E-state index is 0.170. The Hall–Kier alpha value is -1.51. The maximum atomic E-state index is 11.5. The standard InChI is InChI=1S/C15H23NO2/c1-2-3-4-5-6-10-18-15(17)12-13-8-7-9-14(16)11-13/h7-9,11H,2-6,10,12,16H2,1H3. The summed E-state index contributed by atoms with van der Waals surface area (Å²) in [6, 6.07) is 7.35. The van der Waals surface area contributed by atoms with Crippen molar-refractivity contribution >= 4 is 11.7 Å². The Bertz CT molecular complexity index is 363. The molecule has 0 heterocycles. The smallest absolute Gasteiger partial charge is 0.310 e. The monoisotopic (exact) mass is 249 g/mol. The fourth-order valence-electron chi connectivity index (χ4n) is 1.81.